The average molecular weight is 308 g/mol. The Morgan fingerprint density at radius 1 is 1.33 bits per heavy atom. The minimum absolute atomic E-state index is 0.0571. The second-order valence-electron chi connectivity index (χ2n) is 4.99. The maximum Gasteiger partial charge on any atom is 0.243 e. The summed E-state index contributed by atoms with van der Waals surface area (Å²) in [6, 6.07) is 4.94. The van der Waals surface area contributed by atoms with E-state index in [4.69, 9.17) is 4.74 Å². The molecule has 0 saturated carbocycles. The normalized spacial score (nSPS) is 16.7. The minimum Gasteiger partial charge on any atom is -0.496 e. The largest absolute Gasteiger partial charge is 0.496 e. The summed E-state index contributed by atoms with van der Waals surface area (Å²) in [7, 11) is -1.89. The first-order chi connectivity index (χ1) is 10.0. The fraction of sp³-hybridized carbons (Fsp3) is 0.385. The van der Waals surface area contributed by atoms with Gasteiger partial charge in [-0.3, -0.25) is 0 Å². The molecule has 21 heavy (non-hydrogen) atoms. The van der Waals surface area contributed by atoms with Crippen molar-refractivity contribution in [3.8, 4) is 5.75 Å². The second-order valence-corrected chi connectivity index (χ2v) is 6.93. The van der Waals surface area contributed by atoms with Crippen molar-refractivity contribution in [3.05, 3.63) is 36.2 Å². The van der Waals surface area contributed by atoms with Crippen LogP contribution in [0.5, 0.6) is 5.75 Å². The van der Waals surface area contributed by atoms with Gasteiger partial charge in [0.1, 0.15) is 5.75 Å². The number of hydrogen-bond donors (Lipinski definition) is 0. The summed E-state index contributed by atoms with van der Waals surface area (Å²) in [5.74, 6) is 0.679. The summed E-state index contributed by atoms with van der Waals surface area (Å²) < 4.78 is 33.3. The first-order valence-electron chi connectivity index (χ1n) is 6.53. The quantitative estimate of drug-likeness (QED) is 0.836. The third-order valence-electron chi connectivity index (χ3n) is 3.65. The van der Waals surface area contributed by atoms with Gasteiger partial charge in [-0.25, -0.2) is 13.1 Å². The van der Waals surface area contributed by atoms with Gasteiger partial charge < -0.3 is 4.74 Å². The summed E-state index contributed by atoms with van der Waals surface area (Å²) in [6.07, 6.45) is 3.33. The Labute approximate surface area is 123 Å². The van der Waals surface area contributed by atoms with E-state index in [0.717, 1.165) is 5.56 Å². The van der Waals surface area contributed by atoms with Crippen LogP contribution in [0.25, 0.3) is 0 Å². The number of ether oxygens (including phenoxy) is 1. The van der Waals surface area contributed by atoms with Crippen molar-refractivity contribution >= 4 is 10.0 Å². The van der Waals surface area contributed by atoms with Crippen LogP contribution in [-0.4, -0.2) is 47.9 Å². The van der Waals surface area contributed by atoms with E-state index in [9.17, 15) is 8.42 Å². The molecular formula is C13H16N4O3S. The summed E-state index contributed by atoms with van der Waals surface area (Å²) in [5, 5.41) is 7.63. The highest BCUT2D eigenvalue weighted by molar-refractivity contribution is 7.89. The number of nitrogens with zero attached hydrogens (tertiary/aromatic N) is 4. The molecule has 1 fully saturated rings. The van der Waals surface area contributed by atoms with Gasteiger partial charge in [0.05, 0.1) is 24.2 Å². The van der Waals surface area contributed by atoms with Crippen molar-refractivity contribution < 1.29 is 13.2 Å². The number of rotatable bonds is 4. The number of aryl methyl sites for hydroxylation is 1. The van der Waals surface area contributed by atoms with Crippen molar-refractivity contribution in [2.24, 2.45) is 0 Å². The van der Waals surface area contributed by atoms with Crippen LogP contribution in [0, 0.1) is 6.92 Å². The Bertz CT molecular complexity index is 737. The molecule has 0 unspecified atom stereocenters. The SMILES string of the molecule is COc1ccc(S(=O)(=O)N2CC(n3ccnn3)C2)cc1C. The fourth-order valence-corrected chi connectivity index (χ4v) is 3.95. The molecule has 112 valence electrons. The van der Waals surface area contributed by atoms with Crippen LogP contribution in [0.2, 0.25) is 0 Å². The van der Waals surface area contributed by atoms with Crippen molar-refractivity contribution in [2.75, 3.05) is 20.2 Å². The van der Waals surface area contributed by atoms with Crippen molar-refractivity contribution in [2.45, 2.75) is 17.9 Å². The number of benzene rings is 1. The third kappa shape index (κ3) is 2.40. The topological polar surface area (TPSA) is 77.3 Å². The molecule has 0 N–H and O–H groups in total. The molecule has 2 aromatic rings. The molecule has 7 nitrogen and oxygen atoms in total. The van der Waals surface area contributed by atoms with Gasteiger partial charge in [0.15, 0.2) is 0 Å². The molecule has 0 atom stereocenters. The molecule has 1 aromatic carbocycles. The zero-order valence-corrected chi connectivity index (χ0v) is 12.6. The maximum atomic E-state index is 12.5. The smallest absolute Gasteiger partial charge is 0.243 e. The predicted octanol–water partition coefficient (Wildman–Crippen LogP) is 0.841. The molecule has 0 radical (unpaired) electrons. The van der Waals surface area contributed by atoms with Gasteiger partial charge in [-0.15, -0.1) is 5.10 Å². The number of methoxy groups -OCH3 is 1. The molecule has 1 saturated heterocycles. The van der Waals surface area contributed by atoms with E-state index in [-0.39, 0.29) is 10.9 Å². The highest BCUT2D eigenvalue weighted by Crippen LogP contribution is 2.29. The lowest BCUT2D eigenvalue weighted by Gasteiger charge is -2.37. The average Bonchev–Trinajstić information content (AvgIpc) is 2.90. The van der Waals surface area contributed by atoms with E-state index in [0.29, 0.717) is 18.8 Å². The molecule has 0 amide bonds. The number of hydrogen-bond acceptors (Lipinski definition) is 5. The third-order valence-corrected chi connectivity index (χ3v) is 5.48. The van der Waals surface area contributed by atoms with Crippen LogP contribution in [0.15, 0.2) is 35.5 Å². The van der Waals surface area contributed by atoms with Gasteiger partial charge in [-0.1, -0.05) is 5.21 Å². The lowest BCUT2D eigenvalue weighted by atomic mass is 10.2. The summed E-state index contributed by atoms with van der Waals surface area (Å²) in [4.78, 5) is 0.290. The lowest BCUT2D eigenvalue weighted by molar-refractivity contribution is 0.189. The van der Waals surface area contributed by atoms with Gasteiger partial charge in [-0.05, 0) is 30.7 Å². The summed E-state index contributed by atoms with van der Waals surface area (Å²) in [5.41, 5.74) is 0.798. The number of aromatic nitrogens is 3. The van der Waals surface area contributed by atoms with Crippen LogP contribution in [0.1, 0.15) is 11.6 Å². The van der Waals surface area contributed by atoms with Crippen molar-refractivity contribution in [1.82, 2.24) is 19.3 Å². The van der Waals surface area contributed by atoms with Crippen LogP contribution in [0.4, 0.5) is 0 Å². The Kier molecular flexibility index (Phi) is 3.42. The molecule has 2 heterocycles. The molecule has 3 rings (SSSR count). The predicted molar refractivity (Wildman–Crippen MR) is 75.5 cm³/mol. The van der Waals surface area contributed by atoms with Gasteiger partial charge in [-0.2, -0.15) is 4.31 Å². The van der Waals surface area contributed by atoms with Gasteiger partial charge in [0.2, 0.25) is 10.0 Å². The Morgan fingerprint density at radius 3 is 2.67 bits per heavy atom. The molecule has 0 spiro atoms. The minimum atomic E-state index is -3.46. The zero-order valence-electron chi connectivity index (χ0n) is 11.8. The Balaban J connectivity index is 1.78. The van der Waals surface area contributed by atoms with E-state index >= 15 is 0 Å². The first-order valence-corrected chi connectivity index (χ1v) is 7.97. The molecule has 1 aliphatic rings. The van der Waals surface area contributed by atoms with Crippen LogP contribution in [0.3, 0.4) is 0 Å². The summed E-state index contributed by atoms with van der Waals surface area (Å²) >= 11 is 0. The van der Waals surface area contributed by atoms with Crippen molar-refractivity contribution in [1.29, 1.82) is 0 Å². The lowest BCUT2D eigenvalue weighted by Crippen LogP contribution is -2.50. The second kappa shape index (κ2) is 5.12. The van der Waals surface area contributed by atoms with Gasteiger partial charge in [0.25, 0.3) is 0 Å². The standard InChI is InChI=1S/C13H16N4O3S/c1-10-7-12(3-4-13(10)20-2)21(18,19)16-8-11(9-16)17-6-5-14-15-17/h3-7,11H,8-9H2,1-2H3. The van der Waals surface area contributed by atoms with Crippen LogP contribution >= 0.6 is 0 Å². The van der Waals surface area contributed by atoms with Gasteiger partial charge in [0, 0.05) is 19.3 Å². The van der Waals surface area contributed by atoms with Crippen molar-refractivity contribution in [3.63, 3.8) is 0 Å². The summed E-state index contributed by atoms with van der Waals surface area (Å²) in [6.45, 7) is 2.65. The molecule has 0 bridgehead atoms. The molecular weight excluding hydrogens is 292 g/mol. The van der Waals surface area contributed by atoms with E-state index < -0.39 is 10.0 Å². The fourth-order valence-electron chi connectivity index (χ4n) is 2.35. The van der Waals surface area contributed by atoms with E-state index in [1.807, 2.05) is 6.92 Å². The van der Waals surface area contributed by atoms with Crippen LogP contribution < -0.4 is 4.74 Å². The Morgan fingerprint density at radius 2 is 2.10 bits per heavy atom. The van der Waals surface area contributed by atoms with E-state index in [1.165, 1.54) is 4.31 Å². The van der Waals surface area contributed by atoms with Crippen LogP contribution in [-0.2, 0) is 10.0 Å². The molecule has 1 aliphatic heterocycles. The first kappa shape index (κ1) is 14.0. The van der Waals surface area contributed by atoms with E-state index in [1.54, 1.807) is 42.4 Å². The molecule has 1 aromatic heterocycles. The molecule has 0 aliphatic carbocycles. The monoisotopic (exact) mass is 308 g/mol. The number of sulfonamides is 1. The van der Waals surface area contributed by atoms with Gasteiger partial charge >= 0.3 is 0 Å². The highest BCUT2D eigenvalue weighted by atomic mass is 32.2. The molecule has 8 heteroatoms. The zero-order chi connectivity index (χ0) is 15.0. The Hall–Kier alpha value is -1.93. The maximum absolute atomic E-state index is 12.5. The highest BCUT2D eigenvalue weighted by Gasteiger charge is 2.38. The van der Waals surface area contributed by atoms with E-state index in [2.05, 4.69) is 10.3 Å².